The molecule has 9 aromatic rings. The minimum Gasteiger partial charge on any atom is -0.376 e. The lowest BCUT2D eigenvalue weighted by molar-refractivity contribution is 0.331. The molecule has 2 aliphatic heterocycles. The second kappa shape index (κ2) is 13.8. The van der Waals surface area contributed by atoms with Gasteiger partial charge in [-0.05, 0) is 150 Å². The van der Waals surface area contributed by atoms with Crippen LogP contribution >= 0.6 is 0 Å². The minimum atomic E-state index is -0.313. The molecule has 5 aliphatic rings. The maximum absolute atomic E-state index is 2.86. The maximum Gasteiger partial charge on any atom is 0.329 e. The van der Waals surface area contributed by atoms with Crippen LogP contribution < -0.4 is 10.4 Å². The molecule has 0 amide bonds. The van der Waals surface area contributed by atoms with Crippen molar-refractivity contribution in [3.05, 3.63) is 190 Å². The molecule has 0 bridgehead atoms. The van der Waals surface area contributed by atoms with E-state index >= 15 is 0 Å². The number of rotatable bonds is 5. The maximum atomic E-state index is 2.86. The van der Waals surface area contributed by atoms with Crippen molar-refractivity contribution < 1.29 is 0 Å². The quantitative estimate of drug-likeness (QED) is 0.156. The number of unbranched alkanes of at least 4 members (excludes halogenated alkanes) is 1. The van der Waals surface area contributed by atoms with Crippen LogP contribution in [-0.2, 0) is 28.1 Å². The molecule has 0 saturated heterocycles. The van der Waals surface area contributed by atoms with Gasteiger partial charge in [-0.15, -0.1) is 0 Å². The molecule has 3 aliphatic carbocycles. The van der Waals surface area contributed by atoms with Crippen LogP contribution in [0.4, 0.5) is 11.4 Å². The third-order valence-electron chi connectivity index (χ3n) is 18.1. The standard InChI is InChI=1S/C66H61BN2/c1-10-11-21-39-30-31-54(45(34-39)40-22-13-12-14-23-40)68-60-49-37-52-53(64(4,5)33-32-63(52,2)3)38-51(49)66(8,9)62(60)67-58-47(36-46-43-26-17-19-28-50(43)65(6,7)57(46)61(58)68)48-35-41-24-15-16-25-42(41)56-44-27-18-20-29-55(44)69(67)59(48)56/h12-20,22-31,34-38H,10-11,21,32-33H2,1-9H3. The molecule has 0 saturated carbocycles. The number of benzene rings is 8. The first kappa shape index (κ1) is 41.4. The van der Waals surface area contributed by atoms with Crippen molar-refractivity contribution in [2.45, 2.75) is 116 Å². The first-order valence-electron chi connectivity index (χ1n) is 25.9. The third kappa shape index (κ3) is 5.29. The van der Waals surface area contributed by atoms with E-state index in [0.29, 0.717) is 0 Å². The lowest BCUT2D eigenvalue weighted by Gasteiger charge is -2.45. The van der Waals surface area contributed by atoms with Gasteiger partial charge in [-0.1, -0.05) is 178 Å². The van der Waals surface area contributed by atoms with E-state index in [1.165, 1.54) is 159 Å². The first-order valence-corrected chi connectivity index (χ1v) is 25.9. The zero-order valence-corrected chi connectivity index (χ0v) is 41.9. The Balaban J connectivity index is 1.22. The summed E-state index contributed by atoms with van der Waals surface area (Å²) in [4.78, 5) is 2.86. The number of aryl methyl sites for hydroxylation is 1. The Morgan fingerprint density at radius 1 is 0.536 bits per heavy atom. The van der Waals surface area contributed by atoms with Crippen molar-refractivity contribution in [2.24, 2.45) is 0 Å². The molecule has 0 spiro atoms. The van der Waals surface area contributed by atoms with E-state index in [9.17, 15) is 0 Å². The van der Waals surface area contributed by atoms with Crippen molar-refractivity contribution in [2.75, 3.05) is 4.90 Å². The van der Waals surface area contributed by atoms with Gasteiger partial charge < -0.3 is 9.38 Å². The van der Waals surface area contributed by atoms with Gasteiger partial charge in [-0.2, -0.15) is 0 Å². The number of hydrogen-bond donors (Lipinski definition) is 0. The first-order chi connectivity index (χ1) is 33.2. The van der Waals surface area contributed by atoms with Gasteiger partial charge in [0.15, 0.2) is 0 Å². The summed E-state index contributed by atoms with van der Waals surface area (Å²) in [5.74, 6) is 0. The zero-order chi connectivity index (χ0) is 47.1. The van der Waals surface area contributed by atoms with E-state index in [2.05, 4.69) is 217 Å². The average Bonchev–Trinajstić information content (AvgIpc) is 3.91. The van der Waals surface area contributed by atoms with Crippen LogP contribution in [0, 0.1) is 0 Å². The van der Waals surface area contributed by atoms with Gasteiger partial charge in [-0.3, -0.25) is 0 Å². The van der Waals surface area contributed by atoms with Crippen molar-refractivity contribution in [1.82, 2.24) is 4.48 Å². The van der Waals surface area contributed by atoms with Gasteiger partial charge in [0.05, 0.1) is 5.69 Å². The Hall–Kier alpha value is -6.58. The second-order valence-corrected chi connectivity index (χ2v) is 23.7. The highest BCUT2D eigenvalue weighted by Crippen LogP contribution is 2.63. The Kier molecular flexibility index (Phi) is 8.29. The normalized spacial score (nSPS) is 18.0. The number of para-hydroxylation sites is 1. The Labute approximate surface area is 408 Å². The SMILES string of the molecule is CCCCc1ccc(N2C3=C(B4c5c(cc6c(c52)C(C)(C)c2ccccc2-6)-c2cc5ccccc5c5c6ccccc6n4c25)C(C)(C)c2cc4c(cc23)C(C)(C)CCC4(C)C)c(-c2ccccc2)c1. The van der Waals surface area contributed by atoms with Crippen molar-refractivity contribution >= 4 is 62.0 Å². The average molecular weight is 893 g/mol. The van der Waals surface area contributed by atoms with E-state index in [0.717, 1.165) is 6.42 Å². The molecule has 0 radical (unpaired) electrons. The summed E-state index contributed by atoms with van der Waals surface area (Å²) in [5, 5.41) is 5.33. The van der Waals surface area contributed by atoms with Gasteiger partial charge in [0.2, 0.25) is 0 Å². The van der Waals surface area contributed by atoms with Gasteiger partial charge in [-0.25, -0.2) is 0 Å². The molecule has 0 unspecified atom stereocenters. The fourth-order valence-corrected chi connectivity index (χ4v) is 14.6. The highest BCUT2D eigenvalue weighted by molar-refractivity contribution is 6.86. The highest BCUT2D eigenvalue weighted by atomic mass is 15.2. The summed E-state index contributed by atoms with van der Waals surface area (Å²) in [6.07, 6.45) is 5.78. The second-order valence-electron chi connectivity index (χ2n) is 23.7. The largest absolute Gasteiger partial charge is 0.376 e. The Bertz CT molecular complexity index is 3780. The van der Waals surface area contributed by atoms with Crippen LogP contribution in [0.15, 0.2) is 151 Å². The molecule has 3 heteroatoms. The van der Waals surface area contributed by atoms with Crippen molar-refractivity contribution in [3.63, 3.8) is 0 Å². The fourth-order valence-electron chi connectivity index (χ4n) is 14.6. The Morgan fingerprint density at radius 3 is 2.01 bits per heavy atom. The van der Waals surface area contributed by atoms with Crippen LogP contribution in [0.1, 0.15) is 127 Å². The fraction of sp³-hybridized carbons (Fsp3) is 0.273. The molecular formula is C66H61BN2. The molecule has 2 nitrogen and oxygen atoms in total. The van der Waals surface area contributed by atoms with Crippen LogP contribution in [0.25, 0.3) is 71.7 Å². The predicted octanol–water partition coefficient (Wildman–Crippen LogP) is 16.7. The molecule has 8 aromatic carbocycles. The van der Waals surface area contributed by atoms with Gasteiger partial charge in [0.1, 0.15) is 0 Å². The summed E-state index contributed by atoms with van der Waals surface area (Å²) in [6.45, 7) is 22.4. The van der Waals surface area contributed by atoms with Crippen LogP contribution in [0.5, 0.6) is 0 Å². The summed E-state index contributed by atoms with van der Waals surface area (Å²) >= 11 is 0. The van der Waals surface area contributed by atoms with Crippen molar-refractivity contribution in [3.8, 4) is 33.4 Å². The molecule has 14 rings (SSSR count). The lowest BCUT2D eigenvalue weighted by Crippen LogP contribution is -2.53. The number of nitrogens with zero attached hydrogens (tertiary/aromatic N) is 2. The van der Waals surface area contributed by atoms with Crippen LogP contribution in [0.3, 0.4) is 0 Å². The zero-order valence-electron chi connectivity index (χ0n) is 41.9. The predicted molar refractivity (Wildman–Crippen MR) is 295 cm³/mol. The minimum absolute atomic E-state index is 0.0482. The van der Waals surface area contributed by atoms with Gasteiger partial charge >= 0.3 is 6.85 Å². The summed E-state index contributed by atoms with van der Waals surface area (Å²) < 4.78 is 2.83. The summed E-state index contributed by atoms with van der Waals surface area (Å²) in [6, 6.07) is 57.2. The number of anilines is 2. The molecule has 3 heterocycles. The molecule has 0 fully saturated rings. The molecule has 0 atom stereocenters. The van der Waals surface area contributed by atoms with Crippen LogP contribution in [0.2, 0.25) is 0 Å². The van der Waals surface area contributed by atoms with E-state index in [4.69, 9.17) is 0 Å². The molecule has 338 valence electrons. The highest BCUT2D eigenvalue weighted by Gasteiger charge is 2.56. The summed E-state index contributed by atoms with van der Waals surface area (Å²) in [5.41, 5.74) is 27.4. The third-order valence-corrected chi connectivity index (χ3v) is 18.1. The summed E-state index contributed by atoms with van der Waals surface area (Å²) in [7, 11) is 0. The number of fused-ring (bicyclic) bond motifs is 15. The molecule has 0 N–H and O–H groups in total. The Morgan fingerprint density at radius 2 is 1.23 bits per heavy atom. The van der Waals surface area contributed by atoms with E-state index < -0.39 is 0 Å². The molecule has 69 heavy (non-hydrogen) atoms. The van der Waals surface area contributed by atoms with Crippen molar-refractivity contribution in [1.29, 1.82) is 0 Å². The molecular weight excluding hydrogens is 832 g/mol. The smallest absolute Gasteiger partial charge is 0.329 e. The number of aromatic nitrogens is 1. The number of hydrogen-bond acceptors (Lipinski definition) is 1. The monoisotopic (exact) mass is 892 g/mol. The van der Waals surface area contributed by atoms with E-state index in [1.807, 2.05) is 0 Å². The lowest BCUT2D eigenvalue weighted by atomic mass is 9.40. The van der Waals surface area contributed by atoms with Crippen LogP contribution in [-0.4, -0.2) is 11.3 Å². The van der Waals surface area contributed by atoms with Gasteiger partial charge in [0, 0.05) is 60.7 Å². The van der Waals surface area contributed by atoms with Gasteiger partial charge in [0.25, 0.3) is 0 Å². The van der Waals surface area contributed by atoms with E-state index in [1.54, 1.807) is 0 Å². The van der Waals surface area contributed by atoms with E-state index in [-0.39, 0.29) is 28.5 Å². The molecule has 1 aromatic heterocycles. The number of allylic oxidation sites excluding steroid dienone is 1. The topological polar surface area (TPSA) is 8.17 Å².